The molecule has 3 rings (SSSR count). The summed E-state index contributed by atoms with van der Waals surface area (Å²) in [5.41, 5.74) is 8.63. The van der Waals surface area contributed by atoms with E-state index < -0.39 is 0 Å². The van der Waals surface area contributed by atoms with E-state index in [2.05, 4.69) is 16.5 Å². The fourth-order valence-corrected chi connectivity index (χ4v) is 2.87. The number of fused-ring (bicyclic) bond motifs is 1. The molecular weight excluding hydrogens is 328 g/mol. The number of ether oxygens (including phenoxy) is 1. The number of nitrogens with zero attached hydrogens (tertiary/aromatic N) is 3. The second kappa shape index (κ2) is 9.59. The first-order valence-electron chi connectivity index (χ1n) is 8.75. The van der Waals surface area contributed by atoms with Crippen LogP contribution in [-0.2, 0) is 0 Å². The standard InChI is InChI=1S/C13H13N5O.C6H13N/c1-8(16)11(5-15)9-3-12(19-2)13-10(4-14)6-17-18(13)7-9;1-2-4-6-7-5-3-1/h3,5-7,15H,16H2,1-2H3;7H,1-6H2/b11-8+,15-5?;. The molecule has 26 heavy (non-hydrogen) atoms. The SMILES string of the molecule is C1CCCNCC1.COc1cc(/C(C=N)=C(\C)N)cn2ncc(C#N)c12. The summed E-state index contributed by atoms with van der Waals surface area (Å²) < 4.78 is 6.85. The summed E-state index contributed by atoms with van der Waals surface area (Å²) in [6.45, 7) is 4.22. The van der Waals surface area contributed by atoms with Crippen LogP contribution in [-0.4, -0.2) is 36.0 Å². The smallest absolute Gasteiger partial charge is 0.146 e. The van der Waals surface area contributed by atoms with Gasteiger partial charge in [0.15, 0.2) is 0 Å². The summed E-state index contributed by atoms with van der Waals surface area (Å²) in [4.78, 5) is 0. The largest absolute Gasteiger partial charge is 0.494 e. The zero-order chi connectivity index (χ0) is 18.9. The maximum atomic E-state index is 9.03. The molecule has 1 saturated heterocycles. The summed E-state index contributed by atoms with van der Waals surface area (Å²) in [6.07, 6.45) is 10.0. The minimum absolute atomic E-state index is 0.438. The molecule has 0 aromatic carbocycles. The molecule has 0 aliphatic carbocycles. The molecule has 0 unspecified atom stereocenters. The van der Waals surface area contributed by atoms with Gasteiger partial charge in [-0.2, -0.15) is 10.4 Å². The van der Waals surface area contributed by atoms with Gasteiger partial charge in [-0.1, -0.05) is 12.8 Å². The highest BCUT2D eigenvalue weighted by atomic mass is 16.5. The van der Waals surface area contributed by atoms with Gasteiger partial charge in [0.1, 0.15) is 22.9 Å². The van der Waals surface area contributed by atoms with Crippen molar-refractivity contribution >= 4 is 17.3 Å². The summed E-state index contributed by atoms with van der Waals surface area (Å²) in [6, 6.07) is 3.81. The van der Waals surface area contributed by atoms with E-state index in [1.807, 2.05) is 0 Å². The third-order valence-electron chi connectivity index (χ3n) is 4.25. The van der Waals surface area contributed by atoms with Crippen molar-refractivity contribution in [2.45, 2.75) is 32.6 Å². The number of aromatic nitrogens is 2. The second-order valence-electron chi connectivity index (χ2n) is 6.17. The van der Waals surface area contributed by atoms with Gasteiger partial charge < -0.3 is 21.2 Å². The second-order valence-corrected chi connectivity index (χ2v) is 6.17. The highest BCUT2D eigenvalue weighted by Gasteiger charge is 2.13. The first kappa shape index (κ1) is 19.5. The van der Waals surface area contributed by atoms with Crippen LogP contribution in [0.2, 0.25) is 0 Å². The summed E-state index contributed by atoms with van der Waals surface area (Å²) in [7, 11) is 1.52. The Kier molecular flexibility index (Phi) is 7.18. The predicted octanol–water partition coefficient (Wildman–Crippen LogP) is 2.70. The van der Waals surface area contributed by atoms with Gasteiger partial charge in [-0.3, -0.25) is 0 Å². The number of nitrogens with two attached hydrogens (primary N) is 1. The van der Waals surface area contributed by atoms with Gasteiger partial charge in [0.2, 0.25) is 0 Å². The fraction of sp³-hybridized carbons (Fsp3) is 0.421. The molecule has 4 N–H and O–H groups in total. The minimum Gasteiger partial charge on any atom is -0.494 e. The molecule has 0 atom stereocenters. The molecule has 3 heterocycles. The van der Waals surface area contributed by atoms with Crippen LogP contribution in [0.1, 0.15) is 43.7 Å². The van der Waals surface area contributed by atoms with Crippen molar-refractivity contribution in [2.24, 2.45) is 5.73 Å². The quantitative estimate of drug-likeness (QED) is 0.734. The molecule has 138 valence electrons. The molecule has 2 aromatic rings. The van der Waals surface area contributed by atoms with Gasteiger partial charge in [-0.15, -0.1) is 0 Å². The molecule has 2 aromatic heterocycles. The summed E-state index contributed by atoms with van der Waals surface area (Å²) >= 11 is 0. The van der Waals surface area contributed by atoms with Crippen LogP contribution in [0.15, 0.2) is 24.2 Å². The Hall–Kier alpha value is -2.85. The molecule has 0 radical (unpaired) electrons. The third kappa shape index (κ3) is 4.61. The maximum Gasteiger partial charge on any atom is 0.146 e. The van der Waals surface area contributed by atoms with Crippen LogP contribution in [0.25, 0.3) is 11.1 Å². The Labute approximate surface area is 154 Å². The normalized spacial score (nSPS) is 15.1. The van der Waals surface area contributed by atoms with Crippen LogP contribution >= 0.6 is 0 Å². The average Bonchev–Trinajstić information content (AvgIpc) is 2.84. The number of hydrogen-bond acceptors (Lipinski definition) is 6. The van der Waals surface area contributed by atoms with Crippen molar-refractivity contribution in [1.82, 2.24) is 14.9 Å². The van der Waals surface area contributed by atoms with Gasteiger partial charge in [-0.05, 0) is 38.9 Å². The lowest BCUT2D eigenvalue weighted by atomic mass is 10.1. The highest BCUT2D eigenvalue weighted by molar-refractivity contribution is 6.09. The zero-order valence-electron chi connectivity index (χ0n) is 15.4. The molecule has 7 heteroatoms. The first-order valence-corrected chi connectivity index (χ1v) is 8.75. The first-order chi connectivity index (χ1) is 12.6. The molecule has 0 amide bonds. The lowest BCUT2D eigenvalue weighted by Crippen LogP contribution is -2.12. The number of nitrogens with one attached hydrogen (secondary N) is 2. The van der Waals surface area contributed by atoms with E-state index in [4.69, 9.17) is 21.1 Å². The van der Waals surface area contributed by atoms with Crippen molar-refractivity contribution in [2.75, 3.05) is 20.2 Å². The Balaban J connectivity index is 0.000000290. The number of methoxy groups -OCH3 is 1. The van der Waals surface area contributed by atoms with Gasteiger partial charge >= 0.3 is 0 Å². The molecule has 7 nitrogen and oxygen atoms in total. The number of allylic oxidation sites excluding steroid dienone is 2. The van der Waals surface area contributed by atoms with Crippen LogP contribution in [0.5, 0.6) is 5.75 Å². The van der Waals surface area contributed by atoms with E-state index in [9.17, 15) is 0 Å². The van der Waals surface area contributed by atoms with Gasteiger partial charge in [0, 0.05) is 29.2 Å². The number of pyridine rings is 1. The Bertz CT molecular complexity index is 807. The van der Waals surface area contributed by atoms with E-state index in [0.717, 1.165) is 0 Å². The van der Waals surface area contributed by atoms with Crippen molar-refractivity contribution in [3.05, 3.63) is 35.3 Å². The van der Waals surface area contributed by atoms with Crippen LogP contribution in [0.4, 0.5) is 0 Å². The maximum absolute atomic E-state index is 9.03. The van der Waals surface area contributed by atoms with Crippen molar-refractivity contribution in [3.63, 3.8) is 0 Å². The van der Waals surface area contributed by atoms with Gasteiger partial charge in [0.05, 0.1) is 13.3 Å². The topological polar surface area (TPSA) is 112 Å². The summed E-state index contributed by atoms with van der Waals surface area (Å²) in [5, 5.41) is 23.9. The zero-order valence-corrected chi connectivity index (χ0v) is 15.4. The molecule has 0 spiro atoms. The summed E-state index contributed by atoms with van der Waals surface area (Å²) in [5.74, 6) is 0.521. The molecule has 1 fully saturated rings. The molecule has 1 aliphatic rings. The highest BCUT2D eigenvalue weighted by Crippen LogP contribution is 2.27. The Morgan fingerprint density at radius 2 is 2.08 bits per heavy atom. The number of nitriles is 1. The van der Waals surface area contributed by atoms with Crippen LogP contribution in [0.3, 0.4) is 0 Å². The van der Waals surface area contributed by atoms with E-state index >= 15 is 0 Å². The predicted molar refractivity (Wildman–Crippen MR) is 103 cm³/mol. The monoisotopic (exact) mass is 354 g/mol. The number of rotatable bonds is 3. The average molecular weight is 354 g/mol. The van der Waals surface area contributed by atoms with Crippen LogP contribution in [0, 0.1) is 16.7 Å². The molecule has 1 aliphatic heterocycles. The lowest BCUT2D eigenvalue weighted by Gasteiger charge is -2.09. The molecular formula is C19H26N6O. The Morgan fingerprint density at radius 3 is 2.62 bits per heavy atom. The van der Waals surface area contributed by atoms with E-state index in [1.54, 1.807) is 23.7 Å². The lowest BCUT2D eigenvalue weighted by molar-refractivity contribution is 0.417. The Morgan fingerprint density at radius 1 is 1.38 bits per heavy atom. The van der Waals surface area contributed by atoms with Gasteiger partial charge in [0.25, 0.3) is 0 Å². The van der Waals surface area contributed by atoms with Gasteiger partial charge in [-0.25, -0.2) is 4.52 Å². The fourth-order valence-electron chi connectivity index (χ4n) is 2.87. The molecule has 0 bridgehead atoms. The third-order valence-corrected chi connectivity index (χ3v) is 4.25. The molecule has 0 saturated carbocycles. The van der Waals surface area contributed by atoms with Crippen molar-refractivity contribution in [3.8, 4) is 11.8 Å². The van der Waals surface area contributed by atoms with E-state index in [-0.39, 0.29) is 0 Å². The van der Waals surface area contributed by atoms with E-state index in [1.165, 1.54) is 58.3 Å². The van der Waals surface area contributed by atoms with Crippen molar-refractivity contribution in [1.29, 1.82) is 10.7 Å². The van der Waals surface area contributed by atoms with E-state index in [0.29, 0.717) is 33.7 Å². The van der Waals surface area contributed by atoms with Crippen molar-refractivity contribution < 1.29 is 4.74 Å². The number of hydrogen-bond donors (Lipinski definition) is 3. The van der Waals surface area contributed by atoms with Crippen LogP contribution < -0.4 is 15.8 Å². The minimum atomic E-state index is 0.438.